The fourth-order valence-corrected chi connectivity index (χ4v) is 2.99. The Kier molecular flexibility index (Phi) is 4.88. The van der Waals surface area contributed by atoms with Crippen molar-refractivity contribution in [2.75, 3.05) is 27.3 Å². The fraction of sp³-hybridized carbons (Fsp3) is 0.316. The maximum absolute atomic E-state index is 13.3. The number of methoxy groups -OCH3 is 2. The summed E-state index contributed by atoms with van der Waals surface area (Å²) in [7, 11) is 3.20. The molecular formula is C19H19F2NO3. The number of ether oxygens (including phenoxy) is 2. The molecule has 0 unspecified atom stereocenters. The second-order valence-corrected chi connectivity index (χ2v) is 6.13. The Hall–Kier alpha value is -2.63. The molecule has 0 saturated carbocycles. The predicted molar refractivity (Wildman–Crippen MR) is 89.0 cm³/mol. The molecule has 2 aromatic carbocycles. The van der Waals surface area contributed by atoms with E-state index in [4.69, 9.17) is 9.47 Å². The molecule has 0 radical (unpaired) electrons. The van der Waals surface area contributed by atoms with Gasteiger partial charge in [0.25, 0.3) is 5.91 Å². The molecule has 1 saturated heterocycles. The van der Waals surface area contributed by atoms with Crippen LogP contribution in [0.25, 0.3) is 0 Å². The minimum Gasteiger partial charge on any atom is -0.497 e. The van der Waals surface area contributed by atoms with Gasteiger partial charge in [-0.1, -0.05) is 0 Å². The summed E-state index contributed by atoms with van der Waals surface area (Å²) in [5.41, 5.74) is 1.24. The van der Waals surface area contributed by atoms with E-state index in [2.05, 4.69) is 0 Å². The third kappa shape index (κ3) is 3.73. The fourth-order valence-electron chi connectivity index (χ4n) is 2.99. The summed E-state index contributed by atoms with van der Waals surface area (Å²) in [6.45, 7) is 1.16. The van der Waals surface area contributed by atoms with Crippen LogP contribution in [0.3, 0.4) is 0 Å². The SMILES string of the molecule is COc1cc(CC2CN(C(=O)c3ccc(F)c(F)c3)C2)cc(OC)c1. The largest absolute Gasteiger partial charge is 0.497 e. The Balaban J connectivity index is 1.61. The number of hydrogen-bond acceptors (Lipinski definition) is 3. The van der Waals surface area contributed by atoms with Crippen molar-refractivity contribution in [3.8, 4) is 11.5 Å². The van der Waals surface area contributed by atoms with Crippen LogP contribution in [0.15, 0.2) is 36.4 Å². The molecule has 0 atom stereocenters. The first-order valence-electron chi connectivity index (χ1n) is 7.96. The van der Waals surface area contributed by atoms with Crippen LogP contribution in [-0.4, -0.2) is 38.1 Å². The Labute approximate surface area is 145 Å². The normalized spacial score (nSPS) is 14.2. The van der Waals surface area contributed by atoms with Gasteiger partial charge in [-0.25, -0.2) is 8.78 Å². The van der Waals surface area contributed by atoms with E-state index in [9.17, 15) is 13.6 Å². The first-order valence-corrected chi connectivity index (χ1v) is 7.96. The van der Waals surface area contributed by atoms with E-state index in [1.165, 1.54) is 6.07 Å². The monoisotopic (exact) mass is 347 g/mol. The number of benzene rings is 2. The number of carbonyl (C=O) groups is 1. The smallest absolute Gasteiger partial charge is 0.253 e. The van der Waals surface area contributed by atoms with E-state index >= 15 is 0 Å². The maximum atomic E-state index is 13.3. The van der Waals surface area contributed by atoms with Crippen molar-refractivity contribution in [3.63, 3.8) is 0 Å². The van der Waals surface area contributed by atoms with Crippen LogP contribution in [0.4, 0.5) is 8.78 Å². The molecule has 1 fully saturated rings. The van der Waals surface area contributed by atoms with E-state index in [0.29, 0.717) is 19.0 Å². The molecule has 4 nitrogen and oxygen atoms in total. The van der Waals surface area contributed by atoms with Crippen LogP contribution in [0, 0.1) is 17.6 Å². The molecule has 0 bridgehead atoms. The van der Waals surface area contributed by atoms with Gasteiger partial charge in [0.2, 0.25) is 0 Å². The molecule has 1 heterocycles. The Bertz CT molecular complexity index is 766. The lowest BCUT2D eigenvalue weighted by atomic mass is 9.91. The average Bonchev–Trinajstić information content (AvgIpc) is 2.59. The Morgan fingerprint density at radius 3 is 2.24 bits per heavy atom. The summed E-state index contributed by atoms with van der Waals surface area (Å²) in [4.78, 5) is 13.9. The summed E-state index contributed by atoms with van der Waals surface area (Å²) in [6.07, 6.45) is 0.787. The minimum absolute atomic E-state index is 0.167. The highest BCUT2D eigenvalue weighted by atomic mass is 19.2. The lowest BCUT2D eigenvalue weighted by Crippen LogP contribution is -2.50. The van der Waals surface area contributed by atoms with Crippen LogP contribution in [0.5, 0.6) is 11.5 Å². The average molecular weight is 347 g/mol. The van der Waals surface area contributed by atoms with Gasteiger partial charge in [-0.15, -0.1) is 0 Å². The zero-order valence-electron chi connectivity index (χ0n) is 14.1. The zero-order chi connectivity index (χ0) is 18.0. The molecule has 6 heteroatoms. The quantitative estimate of drug-likeness (QED) is 0.833. The third-order valence-corrected chi connectivity index (χ3v) is 4.35. The molecule has 0 aliphatic carbocycles. The predicted octanol–water partition coefficient (Wildman–Crippen LogP) is 3.30. The first kappa shape index (κ1) is 17.2. The van der Waals surface area contributed by atoms with Crippen LogP contribution in [0.1, 0.15) is 15.9 Å². The number of nitrogens with zero attached hydrogens (tertiary/aromatic N) is 1. The van der Waals surface area contributed by atoms with E-state index < -0.39 is 11.6 Å². The van der Waals surface area contributed by atoms with Gasteiger partial charge in [0, 0.05) is 24.7 Å². The van der Waals surface area contributed by atoms with Gasteiger partial charge < -0.3 is 14.4 Å². The Morgan fingerprint density at radius 2 is 1.68 bits per heavy atom. The van der Waals surface area contributed by atoms with Gasteiger partial charge in [0.1, 0.15) is 11.5 Å². The number of carbonyl (C=O) groups excluding carboxylic acids is 1. The summed E-state index contributed by atoms with van der Waals surface area (Å²) >= 11 is 0. The lowest BCUT2D eigenvalue weighted by molar-refractivity contribution is 0.0500. The van der Waals surface area contributed by atoms with Crippen LogP contribution in [-0.2, 0) is 6.42 Å². The van der Waals surface area contributed by atoms with Crippen molar-refractivity contribution in [1.82, 2.24) is 4.90 Å². The minimum atomic E-state index is -1.01. The van der Waals surface area contributed by atoms with Gasteiger partial charge in [0.05, 0.1) is 14.2 Å². The molecule has 1 aliphatic rings. The molecule has 132 valence electrons. The van der Waals surface area contributed by atoms with E-state index in [1.807, 2.05) is 18.2 Å². The molecule has 0 spiro atoms. The number of amides is 1. The number of halogens is 2. The first-order chi connectivity index (χ1) is 12.0. The summed E-state index contributed by atoms with van der Waals surface area (Å²) in [5.74, 6) is -0.479. The molecule has 25 heavy (non-hydrogen) atoms. The Morgan fingerprint density at radius 1 is 1.04 bits per heavy atom. The van der Waals surface area contributed by atoms with Crippen molar-refractivity contribution in [3.05, 3.63) is 59.2 Å². The van der Waals surface area contributed by atoms with Gasteiger partial charge in [-0.05, 0) is 48.2 Å². The standard InChI is InChI=1S/C19H19F2NO3/c1-24-15-6-12(7-16(9-15)25-2)5-13-10-22(11-13)19(23)14-3-4-17(20)18(21)8-14/h3-4,6-9,13H,5,10-11H2,1-2H3. The number of likely N-dealkylation sites (tertiary alicyclic amines) is 1. The highest BCUT2D eigenvalue weighted by molar-refractivity contribution is 5.94. The summed E-state index contributed by atoms with van der Waals surface area (Å²) < 4.78 is 36.7. The summed E-state index contributed by atoms with van der Waals surface area (Å²) in [5, 5.41) is 0. The molecule has 3 rings (SSSR count). The van der Waals surface area contributed by atoms with Gasteiger partial charge in [-0.3, -0.25) is 4.79 Å². The lowest BCUT2D eigenvalue weighted by Gasteiger charge is -2.39. The molecule has 1 aliphatic heterocycles. The molecular weight excluding hydrogens is 328 g/mol. The zero-order valence-corrected chi connectivity index (χ0v) is 14.1. The number of hydrogen-bond donors (Lipinski definition) is 0. The van der Waals surface area contributed by atoms with Crippen LogP contribution < -0.4 is 9.47 Å². The van der Waals surface area contributed by atoms with Crippen molar-refractivity contribution < 1.29 is 23.0 Å². The highest BCUT2D eigenvalue weighted by Crippen LogP contribution is 2.28. The van der Waals surface area contributed by atoms with E-state index in [1.54, 1.807) is 19.1 Å². The highest BCUT2D eigenvalue weighted by Gasteiger charge is 2.31. The van der Waals surface area contributed by atoms with E-state index in [0.717, 1.165) is 35.6 Å². The topological polar surface area (TPSA) is 38.8 Å². The number of rotatable bonds is 5. The van der Waals surface area contributed by atoms with E-state index in [-0.39, 0.29) is 11.5 Å². The molecule has 0 N–H and O–H groups in total. The maximum Gasteiger partial charge on any atom is 0.253 e. The van der Waals surface area contributed by atoms with Gasteiger partial charge in [-0.2, -0.15) is 0 Å². The van der Waals surface area contributed by atoms with Crippen molar-refractivity contribution >= 4 is 5.91 Å². The van der Waals surface area contributed by atoms with Crippen molar-refractivity contribution in [2.24, 2.45) is 5.92 Å². The van der Waals surface area contributed by atoms with Gasteiger partial charge in [0.15, 0.2) is 11.6 Å². The summed E-state index contributed by atoms with van der Waals surface area (Å²) in [6, 6.07) is 8.93. The van der Waals surface area contributed by atoms with Gasteiger partial charge >= 0.3 is 0 Å². The third-order valence-electron chi connectivity index (χ3n) is 4.35. The van der Waals surface area contributed by atoms with Crippen LogP contribution >= 0.6 is 0 Å². The second kappa shape index (κ2) is 7.09. The second-order valence-electron chi connectivity index (χ2n) is 6.13. The molecule has 0 aromatic heterocycles. The van der Waals surface area contributed by atoms with Crippen molar-refractivity contribution in [1.29, 1.82) is 0 Å². The van der Waals surface area contributed by atoms with Crippen molar-refractivity contribution in [2.45, 2.75) is 6.42 Å². The molecule has 2 aromatic rings. The van der Waals surface area contributed by atoms with Crippen LogP contribution in [0.2, 0.25) is 0 Å². The molecule has 1 amide bonds.